The van der Waals surface area contributed by atoms with Crippen LogP contribution in [0.3, 0.4) is 0 Å². The lowest BCUT2D eigenvalue weighted by atomic mass is 9.76. The Bertz CT molecular complexity index is 663. The van der Waals surface area contributed by atoms with Crippen molar-refractivity contribution >= 4 is 6.08 Å². The van der Waals surface area contributed by atoms with E-state index in [2.05, 4.69) is 75.4 Å². The lowest BCUT2D eigenvalue weighted by Gasteiger charge is -2.29. The Labute approximate surface area is 127 Å². The summed E-state index contributed by atoms with van der Waals surface area (Å²) in [6, 6.07) is 14.9. The molecule has 0 atom stereocenters. The number of allylic oxidation sites excluding steroid dienone is 1. The van der Waals surface area contributed by atoms with E-state index in [0.29, 0.717) is 6.61 Å². The maximum Gasteiger partial charge on any atom is 0.120 e. The summed E-state index contributed by atoms with van der Waals surface area (Å²) >= 11 is 0. The molecule has 3 rings (SSSR count). The molecule has 0 saturated heterocycles. The molecule has 2 aromatic rings. The number of hydrogen-bond donors (Lipinski definition) is 0. The highest BCUT2D eigenvalue weighted by Crippen LogP contribution is 2.37. The van der Waals surface area contributed by atoms with Gasteiger partial charge in [-0.25, -0.2) is 0 Å². The molecule has 0 amide bonds. The van der Waals surface area contributed by atoms with Crippen LogP contribution in [0.25, 0.3) is 6.08 Å². The van der Waals surface area contributed by atoms with Crippen molar-refractivity contribution in [2.45, 2.75) is 39.2 Å². The molecule has 21 heavy (non-hydrogen) atoms. The van der Waals surface area contributed by atoms with Gasteiger partial charge in [-0.05, 0) is 47.6 Å². The highest BCUT2D eigenvalue weighted by molar-refractivity contribution is 5.60. The molecule has 0 bridgehead atoms. The van der Waals surface area contributed by atoms with E-state index < -0.39 is 0 Å². The highest BCUT2D eigenvalue weighted by Gasteiger charge is 2.24. The third kappa shape index (κ3) is 3.02. The van der Waals surface area contributed by atoms with Gasteiger partial charge in [0.25, 0.3) is 0 Å². The minimum absolute atomic E-state index is 0.188. The van der Waals surface area contributed by atoms with Gasteiger partial charge < -0.3 is 4.74 Å². The lowest BCUT2D eigenvalue weighted by molar-refractivity contribution is 0.305. The predicted molar refractivity (Wildman–Crippen MR) is 88.6 cm³/mol. The average molecular weight is 278 g/mol. The zero-order chi connectivity index (χ0) is 14.9. The second-order valence-corrected chi connectivity index (χ2v) is 6.51. The van der Waals surface area contributed by atoms with Crippen molar-refractivity contribution in [2.24, 2.45) is 0 Å². The number of hydrogen-bond acceptors (Lipinski definition) is 1. The van der Waals surface area contributed by atoms with Crippen molar-refractivity contribution in [3.8, 4) is 5.75 Å². The first-order valence-corrected chi connectivity index (χ1v) is 7.54. The molecule has 0 heterocycles. The minimum Gasteiger partial charge on any atom is -0.489 e. The Balaban J connectivity index is 1.78. The number of fused-ring (bicyclic) bond motifs is 1. The molecule has 2 aromatic carbocycles. The summed E-state index contributed by atoms with van der Waals surface area (Å²) in [5.41, 5.74) is 5.37. The first-order chi connectivity index (χ1) is 10.0. The maximum atomic E-state index is 5.97. The van der Waals surface area contributed by atoms with Crippen LogP contribution in [0.2, 0.25) is 0 Å². The van der Waals surface area contributed by atoms with E-state index in [1.165, 1.54) is 22.3 Å². The molecular formula is C20H22O. The Morgan fingerprint density at radius 1 is 1.05 bits per heavy atom. The van der Waals surface area contributed by atoms with Crippen LogP contribution in [-0.4, -0.2) is 0 Å². The summed E-state index contributed by atoms with van der Waals surface area (Å²) in [7, 11) is 0. The first-order valence-electron chi connectivity index (χ1n) is 7.54. The van der Waals surface area contributed by atoms with E-state index in [0.717, 1.165) is 12.2 Å². The molecular weight excluding hydrogens is 256 g/mol. The molecule has 0 saturated carbocycles. The van der Waals surface area contributed by atoms with Crippen molar-refractivity contribution < 1.29 is 4.74 Å². The molecule has 0 radical (unpaired) electrons. The molecule has 1 aliphatic rings. The summed E-state index contributed by atoms with van der Waals surface area (Å²) < 4.78 is 5.97. The second-order valence-electron chi connectivity index (χ2n) is 6.51. The van der Waals surface area contributed by atoms with Crippen molar-refractivity contribution in [1.29, 1.82) is 0 Å². The molecule has 1 nitrogen and oxygen atoms in total. The van der Waals surface area contributed by atoms with Crippen LogP contribution in [0.4, 0.5) is 0 Å². The van der Waals surface area contributed by atoms with Crippen LogP contribution in [0, 0.1) is 6.92 Å². The largest absolute Gasteiger partial charge is 0.489 e. The molecule has 0 spiro atoms. The van der Waals surface area contributed by atoms with Gasteiger partial charge in [-0.1, -0.05) is 61.9 Å². The van der Waals surface area contributed by atoms with E-state index in [9.17, 15) is 0 Å². The molecule has 108 valence electrons. The Hall–Kier alpha value is -2.02. The fourth-order valence-electron chi connectivity index (χ4n) is 2.80. The second kappa shape index (κ2) is 5.40. The molecule has 1 heteroatoms. The number of rotatable bonds is 3. The van der Waals surface area contributed by atoms with Gasteiger partial charge >= 0.3 is 0 Å². The third-order valence-electron chi connectivity index (χ3n) is 4.21. The van der Waals surface area contributed by atoms with Crippen LogP contribution < -0.4 is 4.74 Å². The molecule has 1 aliphatic carbocycles. The topological polar surface area (TPSA) is 9.23 Å². The molecule has 0 aliphatic heterocycles. The summed E-state index contributed by atoms with van der Waals surface area (Å²) in [5.74, 6) is 0.956. The quantitative estimate of drug-likeness (QED) is 0.743. The van der Waals surface area contributed by atoms with E-state index in [-0.39, 0.29) is 5.41 Å². The fourth-order valence-corrected chi connectivity index (χ4v) is 2.80. The van der Waals surface area contributed by atoms with Crippen molar-refractivity contribution in [2.75, 3.05) is 0 Å². The van der Waals surface area contributed by atoms with Crippen LogP contribution in [0.5, 0.6) is 5.75 Å². The van der Waals surface area contributed by atoms with Gasteiger partial charge in [-0.2, -0.15) is 0 Å². The van der Waals surface area contributed by atoms with Gasteiger partial charge in [0, 0.05) is 0 Å². The zero-order valence-corrected chi connectivity index (χ0v) is 13.0. The van der Waals surface area contributed by atoms with Gasteiger partial charge in [-0.3, -0.25) is 0 Å². The average Bonchev–Trinajstić information content (AvgIpc) is 2.47. The molecule has 0 unspecified atom stereocenters. The van der Waals surface area contributed by atoms with Crippen LogP contribution in [-0.2, 0) is 12.0 Å². The van der Waals surface area contributed by atoms with Gasteiger partial charge in [0.15, 0.2) is 0 Å². The fraction of sp³-hybridized carbons (Fsp3) is 0.300. The van der Waals surface area contributed by atoms with Crippen molar-refractivity contribution in [3.05, 3.63) is 70.8 Å². The monoisotopic (exact) mass is 278 g/mol. The minimum atomic E-state index is 0.188. The van der Waals surface area contributed by atoms with E-state index in [1.807, 2.05) is 0 Å². The lowest BCUT2D eigenvalue weighted by Crippen LogP contribution is -2.19. The van der Waals surface area contributed by atoms with Gasteiger partial charge in [0.2, 0.25) is 0 Å². The van der Waals surface area contributed by atoms with E-state index in [4.69, 9.17) is 4.74 Å². The Morgan fingerprint density at radius 3 is 2.57 bits per heavy atom. The van der Waals surface area contributed by atoms with Crippen LogP contribution in [0.1, 0.15) is 42.5 Å². The highest BCUT2D eigenvalue weighted by atomic mass is 16.5. The van der Waals surface area contributed by atoms with E-state index >= 15 is 0 Å². The third-order valence-corrected chi connectivity index (χ3v) is 4.21. The van der Waals surface area contributed by atoms with Crippen LogP contribution >= 0.6 is 0 Å². The zero-order valence-electron chi connectivity index (χ0n) is 13.0. The number of benzene rings is 2. The van der Waals surface area contributed by atoms with Gasteiger partial charge in [0.1, 0.15) is 12.4 Å². The number of aryl methyl sites for hydroxylation is 1. The summed E-state index contributed by atoms with van der Waals surface area (Å²) in [5, 5.41) is 0. The summed E-state index contributed by atoms with van der Waals surface area (Å²) in [4.78, 5) is 0. The van der Waals surface area contributed by atoms with Crippen LogP contribution in [0.15, 0.2) is 48.5 Å². The van der Waals surface area contributed by atoms with Gasteiger partial charge in [-0.15, -0.1) is 0 Å². The standard InChI is InChI=1S/C20H22O/c1-15-6-8-16(9-7-15)14-21-18-11-10-17-5-4-12-20(2,3)19(17)13-18/h4-11,13H,12,14H2,1-3H3. The summed E-state index contributed by atoms with van der Waals surface area (Å²) in [6.07, 6.45) is 5.56. The van der Waals surface area contributed by atoms with Gasteiger partial charge in [0.05, 0.1) is 0 Å². The van der Waals surface area contributed by atoms with E-state index in [1.54, 1.807) is 0 Å². The Morgan fingerprint density at radius 2 is 1.81 bits per heavy atom. The summed E-state index contributed by atoms with van der Waals surface area (Å²) in [6.45, 7) is 7.30. The van der Waals surface area contributed by atoms with Crippen molar-refractivity contribution in [1.82, 2.24) is 0 Å². The van der Waals surface area contributed by atoms with Crippen molar-refractivity contribution in [3.63, 3.8) is 0 Å². The number of ether oxygens (including phenoxy) is 1. The predicted octanol–water partition coefficient (Wildman–Crippen LogP) is 5.27. The molecule has 0 N–H and O–H groups in total. The normalized spacial score (nSPS) is 15.6. The Kier molecular flexibility index (Phi) is 3.59. The SMILES string of the molecule is Cc1ccc(COc2ccc3c(c2)C(C)(C)CC=C3)cc1. The smallest absolute Gasteiger partial charge is 0.120 e. The first kappa shape index (κ1) is 13.9. The maximum absolute atomic E-state index is 5.97. The molecule has 0 fully saturated rings. The molecule has 0 aromatic heterocycles.